The second kappa shape index (κ2) is 20.8. The summed E-state index contributed by atoms with van der Waals surface area (Å²) in [6.07, 6.45) is 8.39. The van der Waals surface area contributed by atoms with Gasteiger partial charge >= 0.3 is 5.97 Å². The maximum atomic E-state index is 14.3. The zero-order valence-corrected chi connectivity index (χ0v) is 35.1. The fraction of sp³-hybridized carbons (Fsp3) is 0.773. The van der Waals surface area contributed by atoms with Crippen molar-refractivity contribution in [3.05, 3.63) is 36.0 Å². The van der Waals surface area contributed by atoms with Crippen LogP contribution in [0.4, 0.5) is 0 Å². The Labute approximate surface area is 334 Å². The third kappa shape index (κ3) is 11.0. The van der Waals surface area contributed by atoms with Gasteiger partial charge in [0.1, 0.15) is 24.0 Å². The lowest BCUT2D eigenvalue weighted by atomic mass is 9.82. The number of aliphatic hydroxyl groups is 2. The van der Waals surface area contributed by atoms with Gasteiger partial charge < -0.3 is 38.8 Å². The Morgan fingerprint density at radius 2 is 1.64 bits per heavy atom. The summed E-state index contributed by atoms with van der Waals surface area (Å²) in [5, 5.41) is 22.4. The topological polar surface area (TPSA) is 158 Å². The number of fused-ring (bicyclic) bond motifs is 3. The first-order valence-corrected chi connectivity index (χ1v) is 20.8. The third-order valence-electron chi connectivity index (χ3n) is 12.7. The summed E-state index contributed by atoms with van der Waals surface area (Å²) < 4.78 is 29.9. The molecule has 12 nitrogen and oxygen atoms in total. The molecule has 316 valence electrons. The molecule has 13 unspecified atom stereocenters. The predicted molar refractivity (Wildman–Crippen MR) is 211 cm³/mol. The lowest BCUT2D eigenvalue weighted by Crippen LogP contribution is -2.64. The van der Waals surface area contributed by atoms with Crippen LogP contribution in [-0.4, -0.2) is 115 Å². The van der Waals surface area contributed by atoms with Gasteiger partial charge in [-0.1, -0.05) is 44.6 Å². The van der Waals surface area contributed by atoms with Crippen molar-refractivity contribution in [2.24, 2.45) is 29.6 Å². The molecule has 0 radical (unpaired) electrons. The van der Waals surface area contributed by atoms with Crippen LogP contribution >= 0.6 is 0 Å². The van der Waals surface area contributed by atoms with Crippen LogP contribution in [-0.2, 0) is 42.9 Å². The number of hydrogen-bond acceptors (Lipinski definition) is 11. The van der Waals surface area contributed by atoms with Crippen LogP contribution in [0.3, 0.4) is 0 Å². The molecule has 4 aliphatic rings. The van der Waals surface area contributed by atoms with Crippen LogP contribution in [0, 0.1) is 29.6 Å². The highest BCUT2D eigenvalue weighted by atomic mass is 16.7. The molecular weight excluding hydrogens is 718 g/mol. The number of ether oxygens (including phenoxy) is 5. The Kier molecular flexibility index (Phi) is 17.1. The first kappa shape index (κ1) is 46.0. The molecule has 0 aromatic carbocycles. The van der Waals surface area contributed by atoms with E-state index >= 15 is 0 Å². The lowest BCUT2D eigenvalue weighted by Gasteiger charge is -2.47. The second-order valence-corrected chi connectivity index (χ2v) is 17.2. The smallest absolute Gasteiger partial charge is 0.329 e. The van der Waals surface area contributed by atoms with Crippen molar-refractivity contribution in [2.75, 3.05) is 27.9 Å². The fourth-order valence-electron chi connectivity index (χ4n) is 9.43. The van der Waals surface area contributed by atoms with Crippen LogP contribution in [0.25, 0.3) is 0 Å². The van der Waals surface area contributed by atoms with Crippen molar-refractivity contribution in [3.8, 4) is 0 Å². The normalized spacial score (nSPS) is 40.1. The zero-order valence-electron chi connectivity index (χ0n) is 35.1. The summed E-state index contributed by atoms with van der Waals surface area (Å²) in [5.41, 5.74) is 1.86. The predicted octanol–water partition coefficient (Wildman–Crippen LogP) is 5.67. The van der Waals surface area contributed by atoms with Crippen LogP contribution in [0.5, 0.6) is 0 Å². The Morgan fingerprint density at radius 1 is 0.964 bits per heavy atom. The van der Waals surface area contributed by atoms with Crippen LogP contribution in [0.15, 0.2) is 36.0 Å². The molecule has 3 heterocycles. The molecule has 12 heteroatoms. The van der Waals surface area contributed by atoms with Gasteiger partial charge in [0.2, 0.25) is 5.79 Å². The average Bonchev–Trinajstić information content (AvgIpc) is 3.18. The van der Waals surface area contributed by atoms with Gasteiger partial charge in [0.15, 0.2) is 0 Å². The van der Waals surface area contributed by atoms with Crippen molar-refractivity contribution < 1.29 is 53.1 Å². The lowest BCUT2D eigenvalue weighted by molar-refractivity contribution is -0.302. The minimum Gasteiger partial charge on any atom is -0.456 e. The molecule has 56 heavy (non-hydrogen) atoms. The van der Waals surface area contributed by atoms with E-state index in [4.69, 9.17) is 23.7 Å². The molecule has 0 aromatic rings. The SMILES string of the molecule is C=CCC1/C=C(\C)CC(C)CC(OC)C2OC(O)(C(=O)C(=O)N3CCCCC3C(=O)OC(C(C)=CC3CCC(O)C(OC)C3)C(C)CCC1=O)C(C)CC2OC. The summed E-state index contributed by atoms with van der Waals surface area (Å²) in [5.74, 6) is -6.43. The molecule has 3 aliphatic heterocycles. The molecule has 13 atom stereocenters. The largest absolute Gasteiger partial charge is 0.456 e. The van der Waals surface area contributed by atoms with Crippen molar-refractivity contribution in [3.63, 3.8) is 0 Å². The monoisotopic (exact) mass is 787 g/mol. The van der Waals surface area contributed by atoms with E-state index in [1.165, 1.54) is 4.90 Å². The second-order valence-electron chi connectivity index (χ2n) is 17.2. The van der Waals surface area contributed by atoms with Gasteiger partial charge in [0, 0.05) is 46.1 Å². The maximum absolute atomic E-state index is 14.3. The van der Waals surface area contributed by atoms with Gasteiger partial charge in [0.25, 0.3) is 11.7 Å². The van der Waals surface area contributed by atoms with Gasteiger partial charge in [-0.2, -0.15) is 0 Å². The standard InChI is InChI=1S/C44H69NO11/c1-10-13-32-21-26(2)20-27(3)22-37(53-8)40-38(54-9)24-30(6)44(51,56-40)41(48)42(49)45-19-12-11-14-33(45)43(50)55-39(28(4)15-17-34(32)46)29(5)23-31-16-18-35(47)36(25-31)52-7/h10,21,23,27-28,30-33,35-40,47,51H,1,11-20,22,24-25H2,2-9H3/b26-21+,29-23?. The quantitative estimate of drug-likeness (QED) is 0.186. The first-order chi connectivity index (χ1) is 26.6. The number of Topliss-reactive ketones (excluding diaryl/α,β-unsaturated/α-hetero) is 2. The Balaban J connectivity index is 1.75. The van der Waals surface area contributed by atoms with Gasteiger partial charge in [-0.3, -0.25) is 14.4 Å². The van der Waals surface area contributed by atoms with E-state index in [0.29, 0.717) is 51.4 Å². The number of allylic oxidation sites excluding steroid dienone is 4. The molecule has 0 spiro atoms. The molecule has 2 saturated heterocycles. The molecule has 1 amide bonds. The number of hydrogen-bond donors (Lipinski definition) is 2. The minimum absolute atomic E-state index is 0.0649. The van der Waals surface area contributed by atoms with Crippen molar-refractivity contribution in [1.82, 2.24) is 4.90 Å². The van der Waals surface area contributed by atoms with E-state index in [9.17, 15) is 29.4 Å². The van der Waals surface area contributed by atoms with Gasteiger partial charge in [-0.05, 0) is 108 Å². The van der Waals surface area contributed by atoms with Crippen molar-refractivity contribution >= 4 is 23.4 Å². The molecule has 3 fully saturated rings. The number of nitrogens with zero attached hydrogens (tertiary/aromatic N) is 1. The van der Waals surface area contributed by atoms with Crippen LogP contribution in [0.1, 0.15) is 112 Å². The molecule has 1 aliphatic carbocycles. The maximum Gasteiger partial charge on any atom is 0.329 e. The number of methoxy groups -OCH3 is 3. The number of carbonyl (C=O) groups excluding carboxylic acids is 4. The Morgan fingerprint density at radius 3 is 2.30 bits per heavy atom. The highest BCUT2D eigenvalue weighted by Gasteiger charge is 2.56. The number of piperidine rings is 1. The number of rotatable bonds is 7. The van der Waals surface area contributed by atoms with Gasteiger partial charge in [0.05, 0.1) is 24.4 Å². The number of aliphatic hydroxyl groups excluding tert-OH is 1. The summed E-state index contributed by atoms with van der Waals surface area (Å²) in [7, 11) is 4.68. The highest BCUT2D eigenvalue weighted by Crippen LogP contribution is 2.39. The van der Waals surface area contributed by atoms with E-state index in [-0.39, 0.29) is 61.4 Å². The van der Waals surface area contributed by atoms with Gasteiger partial charge in [-0.15, -0.1) is 6.58 Å². The van der Waals surface area contributed by atoms with Gasteiger partial charge in [-0.25, -0.2) is 4.79 Å². The molecular formula is C44H69NO11. The minimum atomic E-state index is -2.47. The Bertz CT molecular complexity index is 1440. The van der Waals surface area contributed by atoms with Crippen molar-refractivity contribution in [1.29, 1.82) is 0 Å². The molecule has 0 aromatic heterocycles. The van der Waals surface area contributed by atoms with E-state index in [0.717, 1.165) is 17.6 Å². The summed E-state index contributed by atoms with van der Waals surface area (Å²) in [4.78, 5) is 57.8. The fourth-order valence-corrected chi connectivity index (χ4v) is 9.43. The first-order valence-electron chi connectivity index (χ1n) is 20.8. The zero-order chi connectivity index (χ0) is 41.3. The summed E-state index contributed by atoms with van der Waals surface area (Å²) in [6.45, 7) is 13.7. The number of esters is 1. The number of cyclic esters (lactones) is 1. The molecule has 4 rings (SSSR count). The van der Waals surface area contributed by atoms with E-state index in [1.54, 1.807) is 34.3 Å². The van der Waals surface area contributed by atoms with Crippen molar-refractivity contribution in [2.45, 2.75) is 160 Å². The van der Waals surface area contributed by atoms with Crippen LogP contribution < -0.4 is 0 Å². The van der Waals surface area contributed by atoms with E-state index < -0.39 is 65.9 Å². The number of amides is 1. The Hall–Kier alpha value is -2.74. The van der Waals surface area contributed by atoms with Crippen LogP contribution in [0.2, 0.25) is 0 Å². The summed E-state index contributed by atoms with van der Waals surface area (Å²) >= 11 is 0. The molecule has 2 N–H and O–H groups in total. The number of carbonyl (C=O) groups is 4. The van der Waals surface area contributed by atoms with E-state index in [2.05, 4.69) is 19.6 Å². The summed E-state index contributed by atoms with van der Waals surface area (Å²) in [6, 6.07) is -1.05. The average molecular weight is 788 g/mol. The highest BCUT2D eigenvalue weighted by molar-refractivity contribution is 6.39. The molecule has 2 bridgehead atoms. The molecule has 1 saturated carbocycles. The third-order valence-corrected chi connectivity index (χ3v) is 12.7. The number of ketones is 2. The van der Waals surface area contributed by atoms with E-state index in [1.807, 2.05) is 26.8 Å².